The Hall–Kier alpha value is -9.38. The fourth-order valence-electron chi connectivity index (χ4n) is 14.2. The number of benzene rings is 10. The summed E-state index contributed by atoms with van der Waals surface area (Å²) in [5.41, 5.74) is 20.3. The highest BCUT2D eigenvalue weighted by molar-refractivity contribution is 5.97. The summed E-state index contributed by atoms with van der Waals surface area (Å²) in [6, 6.07) is 96.5. The average Bonchev–Trinajstić information content (AvgIpc) is 1.59. The van der Waals surface area contributed by atoms with Crippen molar-refractivity contribution in [3.63, 3.8) is 0 Å². The molecule has 1 aliphatic heterocycles. The third kappa shape index (κ3) is 8.50. The van der Waals surface area contributed by atoms with Gasteiger partial charge in [-0.25, -0.2) is 0 Å². The molecule has 2 aromatic heterocycles. The monoisotopic (exact) mass is 1060 g/mol. The van der Waals surface area contributed by atoms with E-state index in [0.29, 0.717) is 5.92 Å². The molecule has 0 saturated heterocycles. The second kappa shape index (κ2) is 20.9. The molecule has 14 rings (SSSR count). The molecule has 3 heterocycles. The molecule has 1 aliphatic carbocycles. The van der Waals surface area contributed by atoms with Gasteiger partial charge in [0, 0.05) is 46.3 Å². The molecule has 1 saturated carbocycles. The van der Waals surface area contributed by atoms with Crippen LogP contribution in [0.1, 0.15) is 62.6 Å². The minimum absolute atomic E-state index is 0.00930. The molecule has 398 valence electrons. The molecule has 12 aromatic rings. The summed E-state index contributed by atoms with van der Waals surface area (Å²) >= 11 is 0. The molecule has 3 unspecified atom stereocenters. The van der Waals surface area contributed by atoms with E-state index < -0.39 is 0 Å². The van der Waals surface area contributed by atoms with E-state index in [1.807, 2.05) is 0 Å². The summed E-state index contributed by atoms with van der Waals surface area (Å²) in [6.45, 7) is 10.4. The fraction of sp³-hybridized carbons (Fsp3) is 0.154. The van der Waals surface area contributed by atoms with E-state index in [0.717, 1.165) is 64.6 Å². The van der Waals surface area contributed by atoms with Crippen LogP contribution >= 0.6 is 0 Å². The van der Waals surface area contributed by atoms with Crippen LogP contribution in [-0.4, -0.2) is 0 Å². The molecular formula is C78H68N4+2. The first-order valence-corrected chi connectivity index (χ1v) is 29.5. The predicted octanol–water partition coefficient (Wildman–Crippen LogP) is 19.7. The molecule has 0 amide bonds. The average molecular weight is 1060 g/mol. The number of para-hydroxylation sites is 4. The Kier molecular flexibility index (Phi) is 13.0. The Balaban J connectivity index is 0.920. The van der Waals surface area contributed by atoms with Crippen LogP contribution in [0.4, 0.5) is 34.1 Å². The van der Waals surface area contributed by atoms with Gasteiger partial charge in [-0.05, 0) is 173 Å². The molecule has 0 N–H and O–H groups in total. The van der Waals surface area contributed by atoms with Gasteiger partial charge in [-0.15, -0.1) is 0 Å². The van der Waals surface area contributed by atoms with Gasteiger partial charge in [0.25, 0.3) is 0 Å². The summed E-state index contributed by atoms with van der Waals surface area (Å²) < 4.78 is 5.38. The minimum Gasteiger partial charge on any atom is -0.310 e. The lowest BCUT2D eigenvalue weighted by Gasteiger charge is -2.30. The molecule has 82 heavy (non-hydrogen) atoms. The zero-order valence-corrected chi connectivity index (χ0v) is 47.4. The zero-order chi connectivity index (χ0) is 55.4. The number of rotatable bonds is 15. The first-order chi connectivity index (χ1) is 40.4. The fourth-order valence-corrected chi connectivity index (χ4v) is 14.2. The maximum Gasteiger partial charge on any atom is 0.239 e. The highest BCUT2D eigenvalue weighted by atomic mass is 15.2. The van der Waals surface area contributed by atoms with Crippen LogP contribution in [0, 0.1) is 12.3 Å². The van der Waals surface area contributed by atoms with Gasteiger partial charge in [0.2, 0.25) is 23.5 Å². The summed E-state index contributed by atoms with van der Waals surface area (Å²) in [4.78, 5) is 4.75. The third-order valence-corrected chi connectivity index (χ3v) is 18.4. The van der Waals surface area contributed by atoms with Crippen LogP contribution in [0.3, 0.4) is 0 Å². The first kappa shape index (κ1) is 50.8. The second-order valence-corrected chi connectivity index (χ2v) is 23.0. The lowest BCUT2D eigenvalue weighted by molar-refractivity contribution is -0.808. The van der Waals surface area contributed by atoms with Gasteiger partial charge in [0.1, 0.15) is 0 Å². The maximum atomic E-state index is 2.74. The van der Waals surface area contributed by atoms with Crippen LogP contribution in [0.2, 0.25) is 0 Å². The summed E-state index contributed by atoms with van der Waals surface area (Å²) in [5, 5.41) is 5.25. The van der Waals surface area contributed by atoms with Gasteiger partial charge < -0.3 is 9.80 Å². The number of nitrogens with zero attached hydrogens (tertiary/aromatic N) is 4. The Bertz CT molecular complexity index is 4150. The number of anilines is 6. The summed E-state index contributed by atoms with van der Waals surface area (Å²) in [5.74, 6) is 0.348. The van der Waals surface area contributed by atoms with Crippen molar-refractivity contribution in [1.82, 2.24) is 0 Å². The molecular weight excluding hydrogens is 993 g/mol. The Morgan fingerprint density at radius 1 is 0.427 bits per heavy atom. The standard InChI is InChI=1S/C78H68N4/c1-5-7-26-56-28-25-42-70-68(56)46-48-80-75(70)71-40-22-23-41-72(71)76-77(4,6-2)78(76,80)54-79-47-45-57-27-20-21-39-69(57)74(79)73-52-60(44-43-55(73)3)58-29-24-30-59(49-58)61-50-66(81(62-31-12-8-13-32-62)63-33-14-9-15-34-63)53-67(51-61)82(64-35-16-10-17-36-64)65-37-18-11-19-38-65/h8-25,27-53,76H,5-7,26,54H2,1-4H3/q+2. The Morgan fingerprint density at radius 2 is 0.988 bits per heavy atom. The van der Waals surface area contributed by atoms with E-state index >= 15 is 0 Å². The van der Waals surface area contributed by atoms with E-state index in [1.54, 1.807) is 0 Å². The summed E-state index contributed by atoms with van der Waals surface area (Å²) in [6.07, 6.45) is 9.39. The molecule has 0 radical (unpaired) electrons. The van der Waals surface area contributed by atoms with Crippen LogP contribution in [0.15, 0.2) is 273 Å². The number of hydrogen-bond donors (Lipinski definition) is 0. The van der Waals surface area contributed by atoms with Gasteiger partial charge in [-0.2, -0.15) is 9.13 Å². The van der Waals surface area contributed by atoms with Gasteiger partial charge in [-0.3, -0.25) is 0 Å². The van der Waals surface area contributed by atoms with Crippen LogP contribution in [0.5, 0.6) is 0 Å². The van der Waals surface area contributed by atoms with Crippen molar-refractivity contribution in [2.75, 3.05) is 9.80 Å². The number of pyridine rings is 2. The molecule has 1 fully saturated rings. The SMILES string of the molecule is CCCCc1cccc2c3[n+](ccc12)C1(C[n+]2ccc4ccccc4c2-c2cc(-c4cccc(-c5cc(N(c6ccccc6)c6ccccc6)cc(N(c6ccccc6)c6ccccc6)c5)c4)ccc2C)C(c2ccccc2-3)C1(C)CC. The number of aromatic nitrogens is 2. The van der Waals surface area contributed by atoms with E-state index in [-0.39, 0.29) is 11.0 Å². The van der Waals surface area contributed by atoms with Gasteiger partial charge in [0.05, 0.1) is 33.2 Å². The summed E-state index contributed by atoms with van der Waals surface area (Å²) in [7, 11) is 0. The lowest BCUT2D eigenvalue weighted by Crippen LogP contribution is -2.60. The van der Waals surface area contributed by atoms with Crippen molar-refractivity contribution < 1.29 is 9.13 Å². The topological polar surface area (TPSA) is 14.2 Å². The molecule has 10 aromatic carbocycles. The largest absolute Gasteiger partial charge is 0.310 e. The van der Waals surface area contributed by atoms with Crippen molar-refractivity contribution in [2.24, 2.45) is 5.41 Å². The van der Waals surface area contributed by atoms with Gasteiger partial charge in [0.15, 0.2) is 12.4 Å². The number of hydrogen-bond acceptors (Lipinski definition) is 2. The molecule has 4 heteroatoms. The van der Waals surface area contributed by atoms with Crippen molar-refractivity contribution in [1.29, 1.82) is 0 Å². The lowest BCUT2D eigenvalue weighted by atomic mass is 9.88. The molecule has 3 atom stereocenters. The number of fused-ring (bicyclic) bond motifs is 9. The minimum atomic E-state index is -0.207. The van der Waals surface area contributed by atoms with Crippen LogP contribution < -0.4 is 18.9 Å². The highest BCUT2D eigenvalue weighted by Gasteiger charge is 2.85. The molecule has 0 bridgehead atoms. The second-order valence-electron chi connectivity index (χ2n) is 23.0. The van der Waals surface area contributed by atoms with Gasteiger partial charge in [-0.1, -0.05) is 179 Å². The normalized spacial score (nSPS) is 16.8. The number of unbranched alkanes of at least 4 members (excludes halogenated alkanes) is 1. The molecule has 0 spiro atoms. The zero-order valence-electron chi connectivity index (χ0n) is 47.4. The van der Waals surface area contributed by atoms with E-state index in [1.165, 1.54) is 84.7 Å². The molecule has 2 aliphatic rings. The number of aryl methyl sites for hydroxylation is 2. The maximum absolute atomic E-state index is 2.74. The third-order valence-electron chi connectivity index (χ3n) is 18.4. The predicted molar refractivity (Wildman–Crippen MR) is 342 cm³/mol. The van der Waals surface area contributed by atoms with Crippen molar-refractivity contribution in [2.45, 2.75) is 71.4 Å². The van der Waals surface area contributed by atoms with Crippen molar-refractivity contribution >= 4 is 55.7 Å². The first-order valence-electron chi connectivity index (χ1n) is 29.5. The van der Waals surface area contributed by atoms with Crippen molar-refractivity contribution in [3.05, 3.63) is 290 Å². The smallest absolute Gasteiger partial charge is 0.239 e. The Labute approximate surface area is 483 Å². The highest BCUT2D eigenvalue weighted by Crippen LogP contribution is 2.74. The van der Waals surface area contributed by atoms with E-state index in [2.05, 4.69) is 320 Å². The van der Waals surface area contributed by atoms with E-state index in [9.17, 15) is 0 Å². The Morgan fingerprint density at radius 3 is 1.62 bits per heavy atom. The van der Waals surface area contributed by atoms with Crippen molar-refractivity contribution in [3.8, 4) is 44.8 Å². The molecule has 4 nitrogen and oxygen atoms in total. The van der Waals surface area contributed by atoms with E-state index in [4.69, 9.17) is 0 Å². The van der Waals surface area contributed by atoms with Crippen LogP contribution in [0.25, 0.3) is 66.3 Å². The van der Waals surface area contributed by atoms with Crippen LogP contribution in [-0.2, 0) is 18.5 Å². The van der Waals surface area contributed by atoms with Gasteiger partial charge >= 0.3 is 0 Å². The quantitative estimate of drug-likeness (QED) is 0.0950.